The minimum Gasteiger partial charge on any atom is -0.350 e. The molecule has 0 saturated carbocycles. The highest BCUT2D eigenvalue weighted by Crippen LogP contribution is 2.17. The SMILES string of the molecule is Cc1ccc(/C=C/S(=O)(=O)NCCC(=O)N[C@H](C)c2cccc(Cl)c2)cc1. The summed E-state index contributed by atoms with van der Waals surface area (Å²) < 4.78 is 26.4. The Hall–Kier alpha value is -2.15. The number of carbonyl (C=O) groups is 1. The van der Waals surface area contributed by atoms with Crippen LogP contribution in [0.2, 0.25) is 5.02 Å². The summed E-state index contributed by atoms with van der Waals surface area (Å²) in [5.74, 6) is -0.243. The van der Waals surface area contributed by atoms with Crippen molar-refractivity contribution in [1.82, 2.24) is 10.0 Å². The molecule has 2 aromatic rings. The fraction of sp³-hybridized carbons (Fsp3) is 0.250. The monoisotopic (exact) mass is 406 g/mol. The van der Waals surface area contributed by atoms with Gasteiger partial charge < -0.3 is 5.32 Å². The van der Waals surface area contributed by atoms with Crippen LogP contribution in [0.15, 0.2) is 53.9 Å². The zero-order valence-electron chi connectivity index (χ0n) is 15.3. The fourth-order valence-corrected chi connectivity index (χ4v) is 3.39. The van der Waals surface area contributed by atoms with Crippen LogP contribution in [-0.4, -0.2) is 20.9 Å². The van der Waals surface area contributed by atoms with Gasteiger partial charge in [0.15, 0.2) is 0 Å². The third-order valence-electron chi connectivity index (χ3n) is 3.90. The normalized spacial score (nSPS) is 12.9. The molecule has 144 valence electrons. The molecular weight excluding hydrogens is 384 g/mol. The zero-order chi connectivity index (χ0) is 19.9. The Morgan fingerprint density at radius 3 is 2.56 bits per heavy atom. The van der Waals surface area contributed by atoms with E-state index in [1.165, 1.54) is 6.08 Å². The van der Waals surface area contributed by atoms with Crippen molar-refractivity contribution in [3.8, 4) is 0 Å². The molecule has 0 radical (unpaired) electrons. The predicted molar refractivity (Wildman–Crippen MR) is 110 cm³/mol. The highest BCUT2D eigenvalue weighted by Gasteiger charge is 2.11. The predicted octanol–water partition coefficient (Wildman–Crippen LogP) is 3.81. The van der Waals surface area contributed by atoms with Crippen molar-refractivity contribution in [3.63, 3.8) is 0 Å². The van der Waals surface area contributed by atoms with Gasteiger partial charge in [-0.3, -0.25) is 4.79 Å². The van der Waals surface area contributed by atoms with Gasteiger partial charge in [-0.15, -0.1) is 0 Å². The Kier molecular flexibility index (Phi) is 7.59. The Bertz CT molecular complexity index is 909. The van der Waals surface area contributed by atoms with Gasteiger partial charge in [0.25, 0.3) is 0 Å². The Morgan fingerprint density at radius 1 is 1.19 bits per heavy atom. The van der Waals surface area contributed by atoms with Gasteiger partial charge in [-0.1, -0.05) is 53.6 Å². The van der Waals surface area contributed by atoms with Gasteiger partial charge in [-0.2, -0.15) is 0 Å². The summed E-state index contributed by atoms with van der Waals surface area (Å²) in [6.45, 7) is 3.83. The van der Waals surface area contributed by atoms with Gasteiger partial charge >= 0.3 is 0 Å². The number of benzene rings is 2. The molecule has 7 heteroatoms. The first-order valence-corrected chi connectivity index (χ1v) is 10.5. The first-order chi connectivity index (χ1) is 12.7. The van der Waals surface area contributed by atoms with E-state index in [2.05, 4.69) is 10.0 Å². The van der Waals surface area contributed by atoms with E-state index in [9.17, 15) is 13.2 Å². The lowest BCUT2D eigenvalue weighted by atomic mass is 10.1. The molecule has 5 nitrogen and oxygen atoms in total. The van der Waals surface area contributed by atoms with Crippen molar-refractivity contribution < 1.29 is 13.2 Å². The molecule has 0 fully saturated rings. The maximum absolute atomic E-state index is 12.0. The number of amides is 1. The molecule has 1 amide bonds. The van der Waals surface area contributed by atoms with Gasteiger partial charge in [0, 0.05) is 23.4 Å². The van der Waals surface area contributed by atoms with Crippen molar-refractivity contribution in [3.05, 3.63) is 75.7 Å². The molecule has 0 unspecified atom stereocenters. The van der Waals surface area contributed by atoms with Gasteiger partial charge in [-0.05, 0) is 43.2 Å². The van der Waals surface area contributed by atoms with E-state index >= 15 is 0 Å². The minimum absolute atomic E-state index is 0.0225. The Labute approximate surface area is 165 Å². The van der Waals surface area contributed by atoms with Crippen LogP contribution in [0, 0.1) is 6.92 Å². The zero-order valence-corrected chi connectivity index (χ0v) is 16.8. The summed E-state index contributed by atoms with van der Waals surface area (Å²) in [6, 6.07) is 14.5. The molecule has 2 aromatic carbocycles. The number of aryl methyl sites for hydroxylation is 1. The van der Waals surface area contributed by atoms with Gasteiger partial charge in [0.05, 0.1) is 6.04 Å². The summed E-state index contributed by atoms with van der Waals surface area (Å²) >= 11 is 5.95. The molecule has 2 N–H and O–H groups in total. The molecule has 0 spiro atoms. The molecule has 0 heterocycles. The number of nitrogens with one attached hydrogen (secondary N) is 2. The number of rotatable bonds is 8. The first-order valence-electron chi connectivity index (χ1n) is 8.54. The van der Waals surface area contributed by atoms with Crippen LogP contribution in [0.1, 0.15) is 36.1 Å². The van der Waals surface area contributed by atoms with Gasteiger partial charge in [0.2, 0.25) is 15.9 Å². The third-order valence-corrected chi connectivity index (χ3v) is 5.23. The molecule has 0 aliphatic rings. The second kappa shape index (κ2) is 9.69. The molecule has 0 aromatic heterocycles. The summed E-state index contributed by atoms with van der Waals surface area (Å²) in [7, 11) is -3.60. The van der Waals surface area contributed by atoms with Crippen LogP contribution in [-0.2, 0) is 14.8 Å². The maximum Gasteiger partial charge on any atom is 0.233 e. The molecule has 2 rings (SSSR count). The summed E-state index contributed by atoms with van der Waals surface area (Å²) in [4.78, 5) is 12.0. The number of hydrogen-bond donors (Lipinski definition) is 2. The van der Waals surface area contributed by atoms with Crippen molar-refractivity contribution in [2.75, 3.05) is 6.54 Å². The van der Waals surface area contributed by atoms with Crippen LogP contribution in [0.5, 0.6) is 0 Å². The van der Waals surface area contributed by atoms with Crippen molar-refractivity contribution >= 4 is 33.6 Å². The maximum atomic E-state index is 12.0. The lowest BCUT2D eigenvalue weighted by molar-refractivity contribution is -0.121. The topological polar surface area (TPSA) is 75.3 Å². The Morgan fingerprint density at radius 2 is 1.89 bits per heavy atom. The van der Waals surface area contributed by atoms with Crippen LogP contribution >= 0.6 is 11.6 Å². The van der Waals surface area contributed by atoms with Crippen LogP contribution < -0.4 is 10.0 Å². The molecule has 1 atom stereocenters. The fourth-order valence-electron chi connectivity index (χ4n) is 2.37. The van der Waals surface area contributed by atoms with Crippen molar-refractivity contribution in [1.29, 1.82) is 0 Å². The van der Waals surface area contributed by atoms with E-state index in [-0.39, 0.29) is 24.9 Å². The Balaban J connectivity index is 1.80. The van der Waals surface area contributed by atoms with E-state index in [0.717, 1.165) is 22.1 Å². The standard InChI is InChI=1S/C20H23ClN2O3S/c1-15-6-8-17(9-7-15)11-13-27(25,26)22-12-10-20(24)23-16(2)18-4-3-5-19(21)14-18/h3-9,11,13-14,16,22H,10,12H2,1-2H3,(H,23,24)/b13-11+/t16-/m1/s1. The highest BCUT2D eigenvalue weighted by atomic mass is 35.5. The smallest absolute Gasteiger partial charge is 0.233 e. The number of halogens is 1. The van der Waals surface area contributed by atoms with Gasteiger partial charge in [-0.25, -0.2) is 13.1 Å². The number of sulfonamides is 1. The summed E-state index contributed by atoms with van der Waals surface area (Å²) in [6.07, 6.45) is 1.56. The second-order valence-electron chi connectivity index (χ2n) is 6.25. The minimum atomic E-state index is -3.60. The average Bonchev–Trinajstić information content (AvgIpc) is 2.61. The van der Waals surface area contributed by atoms with Crippen molar-refractivity contribution in [2.45, 2.75) is 26.3 Å². The largest absolute Gasteiger partial charge is 0.350 e. The quantitative estimate of drug-likeness (QED) is 0.700. The summed E-state index contributed by atoms with van der Waals surface area (Å²) in [5.41, 5.74) is 2.78. The molecule has 27 heavy (non-hydrogen) atoms. The van der Waals surface area contributed by atoms with Crippen LogP contribution in [0.25, 0.3) is 6.08 Å². The second-order valence-corrected chi connectivity index (χ2v) is 8.33. The molecular formula is C20H23ClN2O3S. The van der Waals surface area contributed by atoms with E-state index < -0.39 is 10.0 Å². The van der Waals surface area contributed by atoms with E-state index in [4.69, 9.17) is 11.6 Å². The molecule has 0 aliphatic carbocycles. The van der Waals surface area contributed by atoms with Crippen LogP contribution in [0.3, 0.4) is 0 Å². The van der Waals surface area contributed by atoms with E-state index in [1.54, 1.807) is 12.1 Å². The highest BCUT2D eigenvalue weighted by molar-refractivity contribution is 7.92. The molecule has 0 saturated heterocycles. The molecule has 0 bridgehead atoms. The van der Waals surface area contributed by atoms with E-state index in [1.807, 2.05) is 50.2 Å². The number of hydrogen-bond acceptors (Lipinski definition) is 3. The lowest BCUT2D eigenvalue weighted by Gasteiger charge is -2.14. The van der Waals surface area contributed by atoms with Crippen molar-refractivity contribution in [2.24, 2.45) is 0 Å². The van der Waals surface area contributed by atoms with Crippen LogP contribution in [0.4, 0.5) is 0 Å². The average molecular weight is 407 g/mol. The van der Waals surface area contributed by atoms with E-state index in [0.29, 0.717) is 5.02 Å². The number of carbonyl (C=O) groups excluding carboxylic acids is 1. The molecule has 0 aliphatic heterocycles. The summed E-state index contributed by atoms with van der Waals surface area (Å²) in [5, 5.41) is 4.52. The third kappa shape index (κ3) is 7.54. The lowest BCUT2D eigenvalue weighted by Crippen LogP contribution is -2.31. The van der Waals surface area contributed by atoms with Gasteiger partial charge in [0.1, 0.15) is 0 Å². The first kappa shape index (κ1) is 21.2.